The summed E-state index contributed by atoms with van der Waals surface area (Å²) in [6.07, 6.45) is 4.26. The van der Waals surface area contributed by atoms with Crippen molar-refractivity contribution in [3.8, 4) is 0 Å². The van der Waals surface area contributed by atoms with Gasteiger partial charge in [-0.2, -0.15) is 11.3 Å². The first-order chi connectivity index (χ1) is 7.58. The largest absolute Gasteiger partial charge is 0.152 e. The van der Waals surface area contributed by atoms with E-state index >= 15 is 0 Å². The Bertz CT molecular complexity index is 335. The topological polar surface area (TPSA) is 0 Å². The molecule has 0 nitrogen and oxygen atoms in total. The molecule has 2 unspecified atom stereocenters. The predicted octanol–water partition coefficient (Wildman–Crippen LogP) is 5.10. The molecule has 1 aliphatic carbocycles. The fourth-order valence-electron chi connectivity index (χ4n) is 2.74. The fraction of sp³-hybridized carbons (Fsp3) is 0.733. The zero-order valence-corrected chi connectivity index (χ0v) is 11.8. The van der Waals surface area contributed by atoms with Crippen molar-refractivity contribution < 1.29 is 0 Å². The summed E-state index contributed by atoms with van der Waals surface area (Å²) in [7, 11) is 0. The van der Waals surface area contributed by atoms with Crippen molar-refractivity contribution >= 4 is 11.3 Å². The van der Waals surface area contributed by atoms with E-state index in [1.807, 2.05) is 11.3 Å². The van der Waals surface area contributed by atoms with Crippen molar-refractivity contribution in [3.63, 3.8) is 0 Å². The van der Waals surface area contributed by atoms with Crippen LogP contribution in [0.4, 0.5) is 0 Å². The molecule has 0 radical (unpaired) electrons. The third-order valence-corrected chi connectivity index (χ3v) is 4.53. The van der Waals surface area contributed by atoms with E-state index in [1.165, 1.54) is 19.3 Å². The minimum atomic E-state index is 0.698. The van der Waals surface area contributed by atoms with Gasteiger partial charge in [0.05, 0.1) is 0 Å². The summed E-state index contributed by atoms with van der Waals surface area (Å²) in [6.45, 7) is 9.31. The number of rotatable bonds is 5. The summed E-state index contributed by atoms with van der Waals surface area (Å²) in [4.78, 5) is 0. The summed E-state index contributed by atoms with van der Waals surface area (Å²) < 4.78 is 0. The average molecular weight is 236 g/mol. The van der Waals surface area contributed by atoms with E-state index in [0.717, 1.165) is 17.8 Å². The lowest BCUT2D eigenvalue weighted by Crippen LogP contribution is -1.96. The van der Waals surface area contributed by atoms with Crippen LogP contribution in [0.5, 0.6) is 0 Å². The zero-order chi connectivity index (χ0) is 11.7. The van der Waals surface area contributed by atoms with Gasteiger partial charge in [-0.25, -0.2) is 0 Å². The quantitative estimate of drug-likeness (QED) is 0.667. The molecule has 1 aliphatic rings. The summed E-state index contributed by atoms with van der Waals surface area (Å²) in [5.74, 6) is 3.60. The van der Waals surface area contributed by atoms with E-state index in [-0.39, 0.29) is 0 Å². The molecule has 1 heteroatoms. The van der Waals surface area contributed by atoms with E-state index in [2.05, 4.69) is 38.5 Å². The lowest BCUT2D eigenvalue weighted by atomic mass is 9.97. The van der Waals surface area contributed by atoms with Crippen LogP contribution >= 0.6 is 11.3 Å². The van der Waals surface area contributed by atoms with Crippen LogP contribution in [-0.4, -0.2) is 0 Å². The van der Waals surface area contributed by atoms with Crippen molar-refractivity contribution in [1.29, 1.82) is 0 Å². The average Bonchev–Trinajstić information content (AvgIpc) is 2.74. The minimum absolute atomic E-state index is 0.698. The Hall–Kier alpha value is -0.300. The molecule has 0 bridgehead atoms. The lowest BCUT2D eigenvalue weighted by Gasteiger charge is -2.07. The molecule has 1 heterocycles. The van der Waals surface area contributed by atoms with Crippen molar-refractivity contribution in [2.24, 2.45) is 17.8 Å². The van der Waals surface area contributed by atoms with Gasteiger partial charge in [-0.15, -0.1) is 0 Å². The van der Waals surface area contributed by atoms with Gasteiger partial charge in [0.2, 0.25) is 0 Å². The van der Waals surface area contributed by atoms with Gasteiger partial charge in [0.1, 0.15) is 0 Å². The summed E-state index contributed by atoms with van der Waals surface area (Å²) in [5, 5.41) is 4.72. The Morgan fingerprint density at radius 2 is 1.94 bits per heavy atom. The van der Waals surface area contributed by atoms with Crippen molar-refractivity contribution in [2.45, 2.75) is 52.9 Å². The summed E-state index contributed by atoms with van der Waals surface area (Å²) in [5.41, 5.74) is 3.23. The predicted molar refractivity (Wildman–Crippen MR) is 73.2 cm³/mol. The highest BCUT2D eigenvalue weighted by molar-refractivity contribution is 7.08. The van der Waals surface area contributed by atoms with Crippen LogP contribution in [-0.2, 0) is 6.42 Å². The molecule has 2 atom stereocenters. The van der Waals surface area contributed by atoms with Crippen LogP contribution in [0.2, 0.25) is 0 Å². The third kappa shape index (κ3) is 2.88. The lowest BCUT2D eigenvalue weighted by molar-refractivity contribution is 0.511. The molecule has 0 amide bonds. The first-order valence-electron chi connectivity index (χ1n) is 6.62. The second kappa shape index (κ2) is 4.91. The van der Waals surface area contributed by atoms with Gasteiger partial charge in [-0.3, -0.25) is 0 Å². The molecule has 1 aromatic rings. The van der Waals surface area contributed by atoms with E-state index < -0.39 is 0 Å². The third-order valence-electron chi connectivity index (χ3n) is 3.72. The molecular formula is C15H24S. The first-order valence-corrected chi connectivity index (χ1v) is 7.57. The molecule has 0 aliphatic heterocycles. The first kappa shape index (κ1) is 12.2. The molecular weight excluding hydrogens is 212 g/mol. The van der Waals surface area contributed by atoms with E-state index in [0.29, 0.717) is 5.92 Å². The monoisotopic (exact) mass is 236 g/mol. The maximum atomic E-state index is 2.38. The molecule has 1 saturated carbocycles. The second-order valence-corrected chi connectivity index (χ2v) is 6.84. The standard InChI is InChI=1S/C15H24S/c1-10(2)5-12-6-13(12)7-14-8-16-9-15(14)11(3)4/h8-13H,5-7H2,1-4H3. The fourth-order valence-corrected chi connectivity index (χ4v) is 3.78. The van der Waals surface area contributed by atoms with E-state index in [1.54, 1.807) is 11.1 Å². The molecule has 0 spiro atoms. The second-order valence-electron chi connectivity index (χ2n) is 6.10. The van der Waals surface area contributed by atoms with E-state index in [9.17, 15) is 0 Å². The van der Waals surface area contributed by atoms with E-state index in [4.69, 9.17) is 0 Å². The Labute approximate surface area is 104 Å². The van der Waals surface area contributed by atoms with Gasteiger partial charge in [-0.1, -0.05) is 27.7 Å². The smallest absolute Gasteiger partial charge is 0.00558 e. The highest BCUT2D eigenvalue weighted by Gasteiger charge is 2.37. The molecule has 0 saturated heterocycles. The van der Waals surface area contributed by atoms with Gasteiger partial charge < -0.3 is 0 Å². The Kier molecular flexibility index (Phi) is 3.73. The van der Waals surface area contributed by atoms with Crippen LogP contribution in [0.3, 0.4) is 0 Å². The number of thiophene rings is 1. The van der Waals surface area contributed by atoms with Crippen LogP contribution in [0.15, 0.2) is 10.8 Å². The molecule has 90 valence electrons. The van der Waals surface area contributed by atoms with Crippen molar-refractivity contribution in [3.05, 3.63) is 21.9 Å². The molecule has 16 heavy (non-hydrogen) atoms. The Balaban J connectivity index is 1.89. The minimum Gasteiger partial charge on any atom is -0.152 e. The highest BCUT2D eigenvalue weighted by Crippen LogP contribution is 2.46. The van der Waals surface area contributed by atoms with Crippen LogP contribution in [0.1, 0.15) is 57.6 Å². The summed E-state index contributed by atoms with van der Waals surface area (Å²) in [6, 6.07) is 0. The zero-order valence-electron chi connectivity index (χ0n) is 11.0. The SMILES string of the molecule is CC(C)CC1CC1Cc1cscc1C(C)C. The van der Waals surface area contributed by atoms with Gasteiger partial charge in [0.15, 0.2) is 0 Å². The highest BCUT2D eigenvalue weighted by atomic mass is 32.1. The molecule has 0 aromatic carbocycles. The van der Waals surface area contributed by atoms with Crippen LogP contribution < -0.4 is 0 Å². The molecule has 0 N–H and O–H groups in total. The van der Waals surface area contributed by atoms with Gasteiger partial charge >= 0.3 is 0 Å². The molecule has 2 rings (SSSR count). The van der Waals surface area contributed by atoms with Gasteiger partial charge in [0, 0.05) is 0 Å². The Morgan fingerprint density at radius 1 is 1.19 bits per heavy atom. The van der Waals surface area contributed by atoms with Crippen LogP contribution in [0.25, 0.3) is 0 Å². The number of hydrogen-bond acceptors (Lipinski definition) is 1. The van der Waals surface area contributed by atoms with Crippen molar-refractivity contribution in [2.75, 3.05) is 0 Å². The summed E-state index contributed by atoms with van der Waals surface area (Å²) >= 11 is 1.88. The number of hydrogen-bond donors (Lipinski definition) is 0. The molecule has 1 fully saturated rings. The van der Waals surface area contributed by atoms with Gasteiger partial charge in [0.25, 0.3) is 0 Å². The maximum Gasteiger partial charge on any atom is -0.00558 e. The Morgan fingerprint density at radius 3 is 2.56 bits per heavy atom. The maximum absolute atomic E-state index is 2.38. The van der Waals surface area contributed by atoms with Crippen LogP contribution in [0, 0.1) is 17.8 Å². The van der Waals surface area contributed by atoms with Gasteiger partial charge in [-0.05, 0) is 64.8 Å². The molecule has 1 aromatic heterocycles. The normalized spacial score (nSPS) is 24.4. The van der Waals surface area contributed by atoms with Crippen molar-refractivity contribution in [1.82, 2.24) is 0 Å².